The number of aromatic nitrogens is 2. The smallest absolute Gasteiger partial charge is 0.254 e. The van der Waals surface area contributed by atoms with E-state index in [2.05, 4.69) is 24.3 Å². The van der Waals surface area contributed by atoms with E-state index in [4.69, 9.17) is 0 Å². The fraction of sp³-hybridized carbons (Fsp3) is 0.444. The number of hydrogen-bond donors (Lipinski definition) is 2. The molecule has 0 aliphatic heterocycles. The Balaban J connectivity index is 1.87. The van der Waals surface area contributed by atoms with Gasteiger partial charge < -0.3 is 10.4 Å². The Morgan fingerprint density at radius 1 is 1.30 bits per heavy atom. The zero-order valence-corrected chi connectivity index (χ0v) is 14.0. The molecule has 1 aromatic heterocycles. The number of nitrogens with zero attached hydrogens (tertiary/aromatic N) is 2. The highest BCUT2D eigenvalue weighted by Crippen LogP contribution is 2.15. The maximum atomic E-state index is 12.2. The molecule has 2 rings (SSSR count). The number of aliphatic hydroxyl groups excluding tert-OH is 1. The van der Waals surface area contributed by atoms with Crippen molar-refractivity contribution >= 4 is 5.91 Å². The third-order valence-corrected chi connectivity index (χ3v) is 3.77. The average molecular weight is 315 g/mol. The largest absolute Gasteiger partial charge is 0.388 e. The van der Waals surface area contributed by atoms with Crippen LogP contribution in [0, 0.1) is 12.8 Å². The normalized spacial score (nSPS) is 12.4. The van der Waals surface area contributed by atoms with Gasteiger partial charge in [-0.3, -0.25) is 9.48 Å². The van der Waals surface area contributed by atoms with Crippen molar-refractivity contribution in [1.29, 1.82) is 0 Å². The Labute approximate surface area is 137 Å². The van der Waals surface area contributed by atoms with Gasteiger partial charge in [0.25, 0.3) is 5.91 Å². The molecule has 5 nitrogen and oxygen atoms in total. The first kappa shape index (κ1) is 17.2. The molecule has 0 aliphatic rings. The van der Waals surface area contributed by atoms with Crippen molar-refractivity contribution in [3.8, 4) is 0 Å². The van der Waals surface area contributed by atoms with Gasteiger partial charge in [-0.1, -0.05) is 44.2 Å². The molecule has 0 bridgehead atoms. The summed E-state index contributed by atoms with van der Waals surface area (Å²) in [7, 11) is 0. The van der Waals surface area contributed by atoms with E-state index in [1.54, 1.807) is 6.20 Å². The summed E-state index contributed by atoms with van der Waals surface area (Å²) < 4.78 is 1.86. The molecule has 2 aromatic rings. The summed E-state index contributed by atoms with van der Waals surface area (Å²) in [6.07, 6.45) is 1.52. The summed E-state index contributed by atoms with van der Waals surface area (Å²) in [6, 6.07) is 9.46. The lowest BCUT2D eigenvalue weighted by atomic mass is 10.1. The molecule has 0 saturated heterocycles. The summed E-state index contributed by atoms with van der Waals surface area (Å²) in [4.78, 5) is 12.2. The van der Waals surface area contributed by atoms with Gasteiger partial charge in [-0.2, -0.15) is 5.10 Å². The van der Waals surface area contributed by atoms with Crippen LogP contribution in [0.2, 0.25) is 0 Å². The number of aliphatic hydroxyl groups is 1. The Morgan fingerprint density at radius 3 is 2.65 bits per heavy atom. The Morgan fingerprint density at radius 2 is 2.00 bits per heavy atom. The number of rotatable bonds is 7. The van der Waals surface area contributed by atoms with E-state index >= 15 is 0 Å². The summed E-state index contributed by atoms with van der Waals surface area (Å²) >= 11 is 0. The molecule has 1 heterocycles. The van der Waals surface area contributed by atoms with Crippen LogP contribution in [-0.4, -0.2) is 27.3 Å². The number of amides is 1. The SMILES string of the molecule is Cc1c(C(=O)NCCC(O)c2ccccc2)cnn1CC(C)C. The maximum Gasteiger partial charge on any atom is 0.254 e. The second-order valence-corrected chi connectivity index (χ2v) is 6.19. The topological polar surface area (TPSA) is 67.2 Å². The third-order valence-electron chi connectivity index (χ3n) is 3.77. The second kappa shape index (κ2) is 7.92. The van der Waals surface area contributed by atoms with Crippen molar-refractivity contribution in [3.63, 3.8) is 0 Å². The third kappa shape index (κ3) is 4.66. The maximum absolute atomic E-state index is 12.2. The molecule has 0 spiro atoms. The van der Waals surface area contributed by atoms with Gasteiger partial charge in [0, 0.05) is 18.8 Å². The molecule has 0 radical (unpaired) electrons. The number of carbonyl (C=O) groups is 1. The molecule has 5 heteroatoms. The van der Waals surface area contributed by atoms with Crippen LogP contribution >= 0.6 is 0 Å². The first-order chi connectivity index (χ1) is 11.0. The van der Waals surface area contributed by atoms with Gasteiger partial charge in [-0.15, -0.1) is 0 Å². The minimum absolute atomic E-state index is 0.141. The fourth-order valence-electron chi connectivity index (χ4n) is 2.46. The number of benzene rings is 1. The van der Waals surface area contributed by atoms with Gasteiger partial charge in [-0.05, 0) is 24.8 Å². The van der Waals surface area contributed by atoms with E-state index in [1.807, 2.05) is 41.9 Å². The Hall–Kier alpha value is -2.14. The number of nitrogens with one attached hydrogen (secondary N) is 1. The standard InChI is InChI=1S/C18H25N3O2/c1-13(2)12-21-14(3)16(11-20-21)18(23)19-10-9-17(22)15-7-5-4-6-8-15/h4-8,11,13,17,22H,9-10,12H2,1-3H3,(H,19,23). The predicted octanol–water partition coefficient (Wildman–Crippen LogP) is 2.70. The average Bonchev–Trinajstić information content (AvgIpc) is 2.88. The number of carbonyl (C=O) groups excluding carboxylic acids is 1. The minimum atomic E-state index is -0.568. The van der Waals surface area contributed by atoms with Crippen molar-refractivity contribution in [3.05, 3.63) is 53.3 Å². The molecular formula is C18H25N3O2. The van der Waals surface area contributed by atoms with Crippen molar-refractivity contribution in [2.75, 3.05) is 6.54 Å². The van der Waals surface area contributed by atoms with Crippen LogP contribution in [0.5, 0.6) is 0 Å². The van der Waals surface area contributed by atoms with Crippen LogP contribution in [0.3, 0.4) is 0 Å². The van der Waals surface area contributed by atoms with Crippen LogP contribution in [0.1, 0.15) is 48.0 Å². The van der Waals surface area contributed by atoms with Crippen molar-refractivity contribution in [2.24, 2.45) is 5.92 Å². The van der Waals surface area contributed by atoms with Crippen LogP contribution in [0.25, 0.3) is 0 Å². The molecule has 124 valence electrons. The molecule has 2 N–H and O–H groups in total. The van der Waals surface area contributed by atoms with Crippen molar-refractivity contribution < 1.29 is 9.90 Å². The second-order valence-electron chi connectivity index (χ2n) is 6.19. The first-order valence-electron chi connectivity index (χ1n) is 8.02. The summed E-state index contributed by atoms with van der Waals surface area (Å²) in [5, 5.41) is 17.2. The van der Waals surface area contributed by atoms with E-state index < -0.39 is 6.10 Å². The molecular weight excluding hydrogens is 290 g/mol. The monoisotopic (exact) mass is 315 g/mol. The molecule has 1 aromatic carbocycles. The van der Waals surface area contributed by atoms with Crippen molar-refractivity contribution in [1.82, 2.24) is 15.1 Å². The molecule has 1 amide bonds. The number of hydrogen-bond acceptors (Lipinski definition) is 3. The zero-order valence-electron chi connectivity index (χ0n) is 14.0. The van der Waals surface area contributed by atoms with E-state index in [0.717, 1.165) is 17.8 Å². The first-order valence-corrected chi connectivity index (χ1v) is 8.02. The van der Waals surface area contributed by atoms with Crippen LogP contribution in [-0.2, 0) is 6.54 Å². The van der Waals surface area contributed by atoms with E-state index in [1.165, 1.54) is 0 Å². The highest BCUT2D eigenvalue weighted by Gasteiger charge is 2.15. The van der Waals surface area contributed by atoms with E-state index in [0.29, 0.717) is 24.4 Å². The molecule has 1 unspecified atom stereocenters. The molecule has 0 aliphatic carbocycles. The highest BCUT2D eigenvalue weighted by atomic mass is 16.3. The molecule has 0 fully saturated rings. The molecule has 23 heavy (non-hydrogen) atoms. The summed E-state index contributed by atoms with van der Waals surface area (Å²) in [5.74, 6) is 0.336. The zero-order chi connectivity index (χ0) is 16.8. The lowest BCUT2D eigenvalue weighted by molar-refractivity contribution is 0.0942. The van der Waals surface area contributed by atoms with Gasteiger partial charge in [0.05, 0.1) is 17.9 Å². The van der Waals surface area contributed by atoms with Crippen LogP contribution < -0.4 is 5.32 Å². The van der Waals surface area contributed by atoms with Crippen molar-refractivity contribution in [2.45, 2.75) is 39.8 Å². The summed E-state index contributed by atoms with van der Waals surface area (Å²) in [5.41, 5.74) is 2.34. The van der Waals surface area contributed by atoms with Gasteiger partial charge in [0.15, 0.2) is 0 Å². The molecule has 1 atom stereocenters. The fourth-order valence-corrected chi connectivity index (χ4v) is 2.46. The Bertz CT molecular complexity index is 635. The molecule has 0 saturated carbocycles. The Kier molecular flexibility index (Phi) is 5.93. The summed E-state index contributed by atoms with van der Waals surface area (Å²) in [6.45, 7) is 7.36. The lowest BCUT2D eigenvalue weighted by Crippen LogP contribution is -2.26. The van der Waals surface area contributed by atoms with Crippen LogP contribution in [0.4, 0.5) is 0 Å². The predicted molar refractivity (Wildman–Crippen MR) is 90.2 cm³/mol. The highest BCUT2D eigenvalue weighted by molar-refractivity contribution is 5.94. The minimum Gasteiger partial charge on any atom is -0.388 e. The van der Waals surface area contributed by atoms with Gasteiger partial charge >= 0.3 is 0 Å². The van der Waals surface area contributed by atoms with Crippen LogP contribution in [0.15, 0.2) is 36.5 Å². The lowest BCUT2D eigenvalue weighted by Gasteiger charge is -2.12. The quantitative estimate of drug-likeness (QED) is 0.825. The van der Waals surface area contributed by atoms with Gasteiger partial charge in [0.1, 0.15) is 0 Å². The van der Waals surface area contributed by atoms with E-state index in [-0.39, 0.29) is 5.91 Å². The van der Waals surface area contributed by atoms with Gasteiger partial charge in [0.2, 0.25) is 0 Å². The van der Waals surface area contributed by atoms with Gasteiger partial charge in [-0.25, -0.2) is 0 Å². The van der Waals surface area contributed by atoms with E-state index in [9.17, 15) is 9.90 Å².